The number of carbonyl (C=O) groups is 1. The summed E-state index contributed by atoms with van der Waals surface area (Å²) in [5.74, 6) is 2.38. The molecule has 0 spiro atoms. The molecule has 1 N–H and O–H groups in total. The van der Waals surface area contributed by atoms with Gasteiger partial charge in [-0.2, -0.15) is 0 Å². The smallest absolute Gasteiger partial charge is 0.248 e. The minimum atomic E-state index is 0.134. The molecule has 2 aliphatic rings. The lowest BCUT2D eigenvalue weighted by molar-refractivity contribution is -0.140. The zero-order valence-corrected chi connectivity index (χ0v) is 24.1. The van der Waals surface area contributed by atoms with E-state index in [0.717, 1.165) is 80.1 Å². The number of hydrogen-bond acceptors (Lipinski definition) is 5. The summed E-state index contributed by atoms with van der Waals surface area (Å²) in [6, 6.07) is 12.9. The third-order valence-corrected chi connectivity index (χ3v) is 8.54. The fraction of sp³-hybridized carbons (Fsp3) is 0.531. The number of methoxy groups -OCH3 is 2. The molecule has 0 saturated carbocycles. The van der Waals surface area contributed by atoms with Gasteiger partial charge in [0.05, 0.1) is 26.0 Å². The maximum atomic E-state index is 12.8. The summed E-state index contributed by atoms with van der Waals surface area (Å²) in [5.41, 5.74) is 6.03. The first-order valence-corrected chi connectivity index (χ1v) is 14.3. The lowest BCUT2D eigenvalue weighted by Gasteiger charge is -2.33. The van der Waals surface area contributed by atoms with Crippen molar-refractivity contribution in [1.82, 2.24) is 14.8 Å². The topological polar surface area (TPSA) is 67.0 Å². The van der Waals surface area contributed by atoms with Gasteiger partial charge in [-0.15, -0.1) is 0 Å². The van der Waals surface area contributed by atoms with E-state index in [9.17, 15) is 4.79 Å². The first kappa shape index (κ1) is 27.5. The van der Waals surface area contributed by atoms with Crippen LogP contribution < -0.4 is 9.47 Å². The number of aromatic amines is 1. The highest BCUT2D eigenvalue weighted by Gasteiger charge is 2.26. The number of benzene rings is 2. The summed E-state index contributed by atoms with van der Waals surface area (Å²) in [6.07, 6.45) is 4.21. The van der Waals surface area contributed by atoms with Gasteiger partial charge in [0.25, 0.3) is 0 Å². The van der Waals surface area contributed by atoms with E-state index >= 15 is 0 Å². The lowest BCUT2D eigenvalue weighted by atomic mass is 9.87. The van der Waals surface area contributed by atoms with E-state index in [2.05, 4.69) is 55.0 Å². The molecule has 0 atom stereocenters. The molecule has 2 aliphatic heterocycles. The highest BCUT2D eigenvalue weighted by molar-refractivity contribution is 5.92. The van der Waals surface area contributed by atoms with E-state index in [1.165, 1.54) is 16.5 Å². The second kappa shape index (κ2) is 12.0. The van der Waals surface area contributed by atoms with E-state index in [0.29, 0.717) is 11.8 Å². The van der Waals surface area contributed by atoms with Crippen LogP contribution in [-0.4, -0.2) is 80.8 Å². The number of aromatic nitrogens is 1. The Kier molecular flexibility index (Phi) is 8.48. The van der Waals surface area contributed by atoms with Gasteiger partial charge in [0.1, 0.15) is 6.61 Å². The van der Waals surface area contributed by atoms with Gasteiger partial charge in [-0.05, 0) is 86.0 Å². The number of H-pyrrole nitrogens is 1. The average molecular weight is 534 g/mol. The van der Waals surface area contributed by atoms with Crippen LogP contribution in [0.15, 0.2) is 36.4 Å². The summed E-state index contributed by atoms with van der Waals surface area (Å²) in [5, 5.41) is 1.28. The molecule has 7 heteroatoms. The van der Waals surface area contributed by atoms with Crippen molar-refractivity contribution in [2.45, 2.75) is 57.5 Å². The molecular formula is C32H43N3O4. The predicted octanol–water partition coefficient (Wildman–Crippen LogP) is 5.79. The van der Waals surface area contributed by atoms with Gasteiger partial charge in [0, 0.05) is 42.6 Å². The number of rotatable bonds is 8. The molecule has 5 rings (SSSR count). The fourth-order valence-electron chi connectivity index (χ4n) is 6.20. The third kappa shape index (κ3) is 5.94. The van der Waals surface area contributed by atoms with Gasteiger partial charge in [-0.1, -0.05) is 19.9 Å². The highest BCUT2D eigenvalue weighted by atomic mass is 16.5. The van der Waals surface area contributed by atoms with Crippen molar-refractivity contribution in [1.29, 1.82) is 0 Å². The fourth-order valence-corrected chi connectivity index (χ4v) is 6.20. The average Bonchev–Trinajstić information content (AvgIpc) is 3.35. The molecule has 0 unspecified atom stereocenters. The number of hydrogen-bond donors (Lipinski definition) is 1. The van der Waals surface area contributed by atoms with Crippen molar-refractivity contribution in [3.8, 4) is 22.8 Å². The third-order valence-electron chi connectivity index (χ3n) is 8.54. The van der Waals surface area contributed by atoms with Crippen LogP contribution in [0.1, 0.15) is 62.5 Å². The minimum absolute atomic E-state index is 0.134. The van der Waals surface area contributed by atoms with Crippen molar-refractivity contribution < 1.29 is 19.0 Å². The van der Waals surface area contributed by atoms with Gasteiger partial charge in [0.2, 0.25) is 5.91 Å². The number of ether oxygens (including phenoxy) is 3. The number of carbonyl (C=O) groups excluding carboxylic acids is 1. The second-order valence-electron chi connectivity index (χ2n) is 11.4. The Bertz CT molecular complexity index is 1280. The number of piperidine rings is 2. The number of fused-ring (bicyclic) bond motifs is 1. The van der Waals surface area contributed by atoms with Crippen molar-refractivity contribution in [2.24, 2.45) is 0 Å². The zero-order chi connectivity index (χ0) is 27.5. The van der Waals surface area contributed by atoms with E-state index in [4.69, 9.17) is 14.2 Å². The van der Waals surface area contributed by atoms with E-state index in [1.54, 1.807) is 14.2 Å². The van der Waals surface area contributed by atoms with Crippen LogP contribution in [0.3, 0.4) is 0 Å². The highest BCUT2D eigenvalue weighted by Crippen LogP contribution is 2.40. The molecule has 1 aromatic heterocycles. The molecular weight excluding hydrogens is 490 g/mol. The number of amides is 1. The molecule has 39 heavy (non-hydrogen) atoms. The first-order valence-electron chi connectivity index (χ1n) is 14.3. The van der Waals surface area contributed by atoms with Crippen LogP contribution in [0.2, 0.25) is 0 Å². The van der Waals surface area contributed by atoms with Gasteiger partial charge < -0.3 is 29.0 Å². The quantitative estimate of drug-likeness (QED) is 0.397. The number of likely N-dealkylation sites (tertiary alicyclic amines) is 2. The van der Waals surface area contributed by atoms with Crippen LogP contribution in [0.5, 0.6) is 11.5 Å². The van der Waals surface area contributed by atoms with E-state index < -0.39 is 0 Å². The number of nitrogens with one attached hydrogen (secondary N) is 1. The molecule has 0 radical (unpaired) electrons. The monoisotopic (exact) mass is 533 g/mol. The molecule has 3 aromatic rings. The number of nitrogens with zero attached hydrogens (tertiary/aromatic N) is 2. The predicted molar refractivity (Wildman–Crippen MR) is 156 cm³/mol. The zero-order valence-electron chi connectivity index (χ0n) is 24.1. The van der Waals surface area contributed by atoms with Gasteiger partial charge >= 0.3 is 0 Å². The maximum absolute atomic E-state index is 12.8. The normalized spacial score (nSPS) is 17.7. The summed E-state index contributed by atoms with van der Waals surface area (Å²) in [7, 11) is 5.47. The van der Waals surface area contributed by atoms with E-state index in [-0.39, 0.29) is 18.6 Å². The summed E-state index contributed by atoms with van der Waals surface area (Å²) >= 11 is 0. The lowest BCUT2D eigenvalue weighted by Crippen LogP contribution is -2.41. The first-order chi connectivity index (χ1) is 18.9. The van der Waals surface area contributed by atoms with Gasteiger partial charge in [-0.3, -0.25) is 4.79 Å². The Balaban J connectivity index is 1.28. The van der Waals surface area contributed by atoms with Gasteiger partial charge in [0.15, 0.2) is 11.5 Å². The largest absolute Gasteiger partial charge is 0.493 e. The van der Waals surface area contributed by atoms with Crippen LogP contribution >= 0.6 is 0 Å². The Labute approximate surface area is 232 Å². The standard InChI is InChI=1S/C32H43N3O4/c1-21(2)31-26-18-23(6-8-27(26)33-32(31)24-7-9-28(37-4)29(19-24)38-5)22-10-16-35(17-11-22)30(36)20-39-25-12-14-34(3)15-13-25/h6-9,18-19,21-22,25,33H,10-17,20H2,1-5H3. The Hall–Kier alpha value is -3.03. The molecule has 2 fully saturated rings. The van der Waals surface area contributed by atoms with Crippen molar-refractivity contribution in [2.75, 3.05) is 54.1 Å². The minimum Gasteiger partial charge on any atom is -0.493 e. The molecule has 7 nitrogen and oxygen atoms in total. The van der Waals surface area contributed by atoms with Gasteiger partial charge in [-0.25, -0.2) is 0 Å². The van der Waals surface area contributed by atoms with E-state index in [1.807, 2.05) is 17.0 Å². The molecule has 1 amide bonds. The van der Waals surface area contributed by atoms with Crippen molar-refractivity contribution in [3.63, 3.8) is 0 Å². The van der Waals surface area contributed by atoms with Crippen LogP contribution in [0.4, 0.5) is 0 Å². The SMILES string of the molecule is COc1ccc(-c2[nH]c3ccc(C4CCN(C(=O)COC5CCN(C)CC5)CC4)cc3c2C(C)C)cc1OC. The molecule has 2 saturated heterocycles. The summed E-state index contributed by atoms with van der Waals surface area (Å²) < 4.78 is 17.0. The Morgan fingerprint density at radius 1 is 0.949 bits per heavy atom. The van der Waals surface area contributed by atoms with Crippen LogP contribution in [-0.2, 0) is 9.53 Å². The molecule has 0 bridgehead atoms. The molecule has 2 aromatic carbocycles. The summed E-state index contributed by atoms with van der Waals surface area (Å²) in [6.45, 7) is 8.38. The van der Waals surface area contributed by atoms with Crippen molar-refractivity contribution in [3.05, 3.63) is 47.5 Å². The molecule has 3 heterocycles. The van der Waals surface area contributed by atoms with Crippen LogP contribution in [0.25, 0.3) is 22.2 Å². The molecule has 210 valence electrons. The summed E-state index contributed by atoms with van der Waals surface area (Å²) in [4.78, 5) is 20.8. The second-order valence-corrected chi connectivity index (χ2v) is 11.4. The molecule has 0 aliphatic carbocycles. The Morgan fingerprint density at radius 2 is 1.67 bits per heavy atom. The Morgan fingerprint density at radius 3 is 2.33 bits per heavy atom. The van der Waals surface area contributed by atoms with Crippen molar-refractivity contribution >= 4 is 16.8 Å². The maximum Gasteiger partial charge on any atom is 0.248 e. The van der Waals surface area contributed by atoms with Crippen LogP contribution in [0, 0.1) is 0 Å².